The SMILES string of the molecule is CNS(=O)(=O)c1ccccc1N1CCN(C(C(=O)O)c2ccsc2)CC1. The van der Waals surface area contributed by atoms with Gasteiger partial charge in [-0.05, 0) is 41.6 Å². The maximum atomic E-state index is 12.3. The van der Waals surface area contributed by atoms with Gasteiger partial charge >= 0.3 is 5.97 Å². The van der Waals surface area contributed by atoms with Gasteiger partial charge in [-0.2, -0.15) is 11.3 Å². The minimum Gasteiger partial charge on any atom is -0.480 e. The Morgan fingerprint density at radius 2 is 1.88 bits per heavy atom. The maximum Gasteiger partial charge on any atom is 0.325 e. The van der Waals surface area contributed by atoms with Gasteiger partial charge in [-0.3, -0.25) is 9.69 Å². The molecule has 3 rings (SSSR count). The summed E-state index contributed by atoms with van der Waals surface area (Å²) in [6, 6.07) is 8.04. The molecule has 0 spiro atoms. The predicted molar refractivity (Wildman–Crippen MR) is 101 cm³/mol. The van der Waals surface area contributed by atoms with Crippen molar-refractivity contribution in [3.8, 4) is 0 Å². The van der Waals surface area contributed by atoms with Crippen LogP contribution < -0.4 is 9.62 Å². The minimum absolute atomic E-state index is 0.239. The van der Waals surface area contributed by atoms with Crippen molar-refractivity contribution in [2.45, 2.75) is 10.9 Å². The quantitative estimate of drug-likeness (QED) is 0.772. The Kier molecular flexibility index (Phi) is 5.61. The number of benzene rings is 1. The van der Waals surface area contributed by atoms with Crippen LogP contribution in [0.4, 0.5) is 5.69 Å². The summed E-state index contributed by atoms with van der Waals surface area (Å²) in [6.45, 7) is 2.20. The van der Waals surface area contributed by atoms with Crippen LogP contribution in [0.25, 0.3) is 0 Å². The zero-order chi connectivity index (χ0) is 18.7. The van der Waals surface area contributed by atoms with Crippen LogP contribution in [0.1, 0.15) is 11.6 Å². The number of anilines is 1. The molecule has 0 aliphatic carbocycles. The first-order valence-electron chi connectivity index (χ1n) is 8.20. The van der Waals surface area contributed by atoms with E-state index in [-0.39, 0.29) is 4.90 Å². The number of piperazine rings is 1. The van der Waals surface area contributed by atoms with E-state index in [2.05, 4.69) is 4.72 Å². The monoisotopic (exact) mass is 395 g/mol. The summed E-state index contributed by atoms with van der Waals surface area (Å²) < 4.78 is 26.9. The Balaban J connectivity index is 1.78. The summed E-state index contributed by atoms with van der Waals surface area (Å²) in [6.07, 6.45) is 0. The topological polar surface area (TPSA) is 90.0 Å². The summed E-state index contributed by atoms with van der Waals surface area (Å²) in [5.41, 5.74) is 1.43. The molecule has 2 N–H and O–H groups in total. The van der Waals surface area contributed by atoms with Gasteiger partial charge in [0.15, 0.2) is 0 Å². The van der Waals surface area contributed by atoms with E-state index in [1.54, 1.807) is 18.2 Å². The van der Waals surface area contributed by atoms with E-state index < -0.39 is 22.0 Å². The molecular weight excluding hydrogens is 374 g/mol. The van der Waals surface area contributed by atoms with Gasteiger partial charge in [-0.15, -0.1) is 0 Å². The molecule has 1 aromatic heterocycles. The Hall–Kier alpha value is -1.94. The third-order valence-corrected chi connectivity index (χ3v) is 6.70. The van der Waals surface area contributed by atoms with Crippen molar-refractivity contribution >= 4 is 33.0 Å². The van der Waals surface area contributed by atoms with Crippen LogP contribution in [-0.2, 0) is 14.8 Å². The number of carboxylic acids is 1. The van der Waals surface area contributed by atoms with Crippen molar-refractivity contribution in [3.63, 3.8) is 0 Å². The second-order valence-corrected chi connectivity index (χ2v) is 8.63. The molecule has 0 saturated carbocycles. The van der Waals surface area contributed by atoms with Crippen molar-refractivity contribution in [1.29, 1.82) is 0 Å². The molecule has 9 heteroatoms. The first-order chi connectivity index (χ1) is 12.4. The molecule has 1 aromatic carbocycles. The van der Waals surface area contributed by atoms with Gasteiger partial charge in [0.2, 0.25) is 10.0 Å². The van der Waals surface area contributed by atoms with Crippen LogP contribution >= 0.6 is 11.3 Å². The minimum atomic E-state index is -3.55. The van der Waals surface area contributed by atoms with Gasteiger partial charge in [0, 0.05) is 26.2 Å². The van der Waals surface area contributed by atoms with Crippen molar-refractivity contribution in [2.75, 3.05) is 38.1 Å². The van der Waals surface area contributed by atoms with Crippen LogP contribution in [0, 0.1) is 0 Å². The van der Waals surface area contributed by atoms with Gasteiger partial charge in [-0.25, -0.2) is 13.1 Å². The fourth-order valence-corrected chi connectivity index (χ4v) is 4.85. The second kappa shape index (κ2) is 7.75. The molecule has 0 radical (unpaired) electrons. The molecule has 1 fully saturated rings. The lowest BCUT2D eigenvalue weighted by atomic mass is 10.1. The molecule has 1 unspecified atom stereocenters. The first kappa shape index (κ1) is 18.8. The Morgan fingerprint density at radius 3 is 2.46 bits per heavy atom. The fourth-order valence-electron chi connectivity index (χ4n) is 3.22. The molecule has 7 nitrogen and oxygen atoms in total. The number of hydrogen-bond donors (Lipinski definition) is 2. The van der Waals surface area contributed by atoms with E-state index in [1.807, 2.05) is 32.7 Å². The average molecular weight is 396 g/mol. The van der Waals surface area contributed by atoms with E-state index in [4.69, 9.17) is 0 Å². The molecule has 1 aliphatic heterocycles. The summed E-state index contributed by atoms with van der Waals surface area (Å²) >= 11 is 1.48. The van der Waals surface area contributed by atoms with Gasteiger partial charge in [0.1, 0.15) is 10.9 Å². The molecule has 2 aromatic rings. The number of carbonyl (C=O) groups is 1. The van der Waals surface area contributed by atoms with E-state index >= 15 is 0 Å². The number of para-hydroxylation sites is 1. The second-order valence-electron chi connectivity index (χ2n) is 6.00. The van der Waals surface area contributed by atoms with Crippen LogP contribution in [0.2, 0.25) is 0 Å². The van der Waals surface area contributed by atoms with E-state index in [0.29, 0.717) is 31.9 Å². The molecule has 2 heterocycles. The number of nitrogens with zero attached hydrogens (tertiary/aromatic N) is 2. The van der Waals surface area contributed by atoms with Gasteiger partial charge in [0.25, 0.3) is 0 Å². The highest BCUT2D eigenvalue weighted by Crippen LogP contribution is 2.29. The standard InChI is InChI=1S/C17H21N3O4S2/c1-18-26(23,24)15-5-3-2-4-14(15)19-7-9-20(10-8-19)16(17(21)22)13-6-11-25-12-13/h2-6,11-12,16,18H,7-10H2,1H3,(H,21,22). The number of sulfonamides is 1. The number of thiophene rings is 1. The molecule has 140 valence electrons. The van der Waals surface area contributed by atoms with E-state index in [1.165, 1.54) is 18.4 Å². The van der Waals surface area contributed by atoms with Crippen LogP contribution in [0.15, 0.2) is 46.0 Å². The van der Waals surface area contributed by atoms with Gasteiger partial charge < -0.3 is 10.0 Å². The molecular formula is C17H21N3O4S2. The molecule has 1 saturated heterocycles. The highest BCUT2D eigenvalue weighted by Gasteiger charge is 2.31. The normalized spacial score (nSPS) is 17.2. The molecule has 0 amide bonds. The number of aliphatic carboxylic acids is 1. The molecule has 26 heavy (non-hydrogen) atoms. The lowest BCUT2D eigenvalue weighted by Crippen LogP contribution is -2.49. The highest BCUT2D eigenvalue weighted by molar-refractivity contribution is 7.89. The Bertz CT molecular complexity index is 860. The van der Waals surface area contributed by atoms with E-state index in [0.717, 1.165) is 5.56 Å². The molecule has 1 aliphatic rings. The summed E-state index contributed by atoms with van der Waals surface area (Å²) in [5.74, 6) is -0.866. The first-order valence-corrected chi connectivity index (χ1v) is 10.6. The zero-order valence-corrected chi connectivity index (χ0v) is 16.0. The fraction of sp³-hybridized carbons (Fsp3) is 0.353. The number of nitrogens with one attached hydrogen (secondary N) is 1. The third-order valence-electron chi connectivity index (χ3n) is 4.54. The zero-order valence-electron chi connectivity index (χ0n) is 14.3. The maximum absolute atomic E-state index is 12.3. The summed E-state index contributed by atoms with van der Waals surface area (Å²) in [7, 11) is -2.16. The van der Waals surface area contributed by atoms with Gasteiger partial charge in [-0.1, -0.05) is 12.1 Å². The molecule has 1 atom stereocenters. The highest BCUT2D eigenvalue weighted by atomic mass is 32.2. The van der Waals surface area contributed by atoms with Crippen LogP contribution in [0.3, 0.4) is 0 Å². The molecule has 0 bridgehead atoms. The summed E-state index contributed by atoms with van der Waals surface area (Å²) in [4.78, 5) is 15.9. The van der Waals surface area contributed by atoms with Crippen molar-refractivity contribution < 1.29 is 18.3 Å². The van der Waals surface area contributed by atoms with Crippen molar-refractivity contribution in [3.05, 3.63) is 46.7 Å². The van der Waals surface area contributed by atoms with Crippen molar-refractivity contribution in [1.82, 2.24) is 9.62 Å². The van der Waals surface area contributed by atoms with E-state index in [9.17, 15) is 18.3 Å². The van der Waals surface area contributed by atoms with Crippen LogP contribution in [0.5, 0.6) is 0 Å². The van der Waals surface area contributed by atoms with Crippen LogP contribution in [-0.4, -0.2) is 57.6 Å². The lowest BCUT2D eigenvalue weighted by Gasteiger charge is -2.39. The number of carboxylic acid groups (broad SMARTS) is 1. The lowest BCUT2D eigenvalue weighted by molar-refractivity contribution is -0.143. The van der Waals surface area contributed by atoms with Gasteiger partial charge in [0.05, 0.1) is 5.69 Å². The number of rotatable bonds is 6. The Morgan fingerprint density at radius 1 is 1.19 bits per heavy atom. The number of hydrogen-bond acceptors (Lipinski definition) is 6. The third kappa shape index (κ3) is 3.75. The Labute approximate surface area is 156 Å². The predicted octanol–water partition coefficient (Wildman–Crippen LogP) is 1.60. The van der Waals surface area contributed by atoms with Crippen molar-refractivity contribution in [2.24, 2.45) is 0 Å². The largest absolute Gasteiger partial charge is 0.480 e. The summed E-state index contributed by atoms with van der Waals surface area (Å²) in [5, 5.41) is 13.4. The average Bonchev–Trinajstić information content (AvgIpc) is 3.16. The smallest absolute Gasteiger partial charge is 0.325 e.